The van der Waals surface area contributed by atoms with Gasteiger partial charge in [0.05, 0.1) is 5.56 Å². The summed E-state index contributed by atoms with van der Waals surface area (Å²) in [5.74, 6) is 1.13. The van der Waals surface area contributed by atoms with Crippen LogP contribution in [0.4, 0.5) is 0 Å². The molecule has 2 rings (SSSR count). The van der Waals surface area contributed by atoms with Gasteiger partial charge in [0, 0.05) is 19.0 Å². The van der Waals surface area contributed by atoms with Crippen molar-refractivity contribution in [3.05, 3.63) is 29.3 Å². The van der Waals surface area contributed by atoms with Crippen molar-refractivity contribution in [1.82, 2.24) is 4.90 Å². The zero-order chi connectivity index (χ0) is 13.8. The van der Waals surface area contributed by atoms with Gasteiger partial charge in [0.1, 0.15) is 5.75 Å². The predicted octanol–water partition coefficient (Wildman–Crippen LogP) is 3.18. The fourth-order valence-electron chi connectivity index (χ4n) is 2.63. The molecule has 1 fully saturated rings. The van der Waals surface area contributed by atoms with Crippen molar-refractivity contribution in [3.63, 3.8) is 0 Å². The minimum atomic E-state index is -0.0690. The van der Waals surface area contributed by atoms with Gasteiger partial charge in [0.25, 0.3) is 5.91 Å². The first-order valence-electron chi connectivity index (χ1n) is 6.76. The van der Waals surface area contributed by atoms with Crippen molar-refractivity contribution in [2.24, 2.45) is 5.92 Å². The highest BCUT2D eigenvalue weighted by molar-refractivity contribution is 6.17. The first-order chi connectivity index (χ1) is 9.11. The third kappa shape index (κ3) is 3.41. The normalized spacial score (nSPS) is 19.5. The maximum absolute atomic E-state index is 12.5. The number of nitrogens with zero attached hydrogens (tertiary/aromatic N) is 1. The van der Waals surface area contributed by atoms with Crippen molar-refractivity contribution in [2.45, 2.75) is 26.2 Å². The summed E-state index contributed by atoms with van der Waals surface area (Å²) in [6.45, 7) is 3.44. The Bertz CT molecular complexity index is 459. The van der Waals surface area contributed by atoms with Crippen LogP contribution in [0.3, 0.4) is 0 Å². The summed E-state index contributed by atoms with van der Waals surface area (Å²) in [5, 5.41) is 9.84. The standard InChI is InChI=1S/C15H20ClNO2/c1-11-4-5-14(18)13(9-11)15(19)17-8-2-3-12(10-17)6-7-16/h4-5,9,12,18H,2-3,6-8,10H2,1H3. The average Bonchev–Trinajstić information content (AvgIpc) is 2.41. The molecule has 1 saturated heterocycles. The second kappa shape index (κ2) is 6.29. The van der Waals surface area contributed by atoms with Crippen molar-refractivity contribution in [2.75, 3.05) is 19.0 Å². The second-order valence-electron chi connectivity index (χ2n) is 5.26. The van der Waals surface area contributed by atoms with Gasteiger partial charge in [0.2, 0.25) is 0 Å². The molecule has 1 heterocycles. The lowest BCUT2D eigenvalue weighted by Crippen LogP contribution is -2.40. The number of benzene rings is 1. The van der Waals surface area contributed by atoms with Gasteiger partial charge >= 0.3 is 0 Å². The van der Waals surface area contributed by atoms with Gasteiger partial charge in [-0.3, -0.25) is 4.79 Å². The maximum Gasteiger partial charge on any atom is 0.257 e. The molecule has 0 radical (unpaired) electrons. The number of carbonyl (C=O) groups is 1. The summed E-state index contributed by atoms with van der Waals surface area (Å²) in [6, 6.07) is 5.14. The number of carbonyl (C=O) groups excluding carboxylic acids is 1. The lowest BCUT2D eigenvalue weighted by Gasteiger charge is -2.32. The van der Waals surface area contributed by atoms with Crippen LogP contribution in [0.5, 0.6) is 5.75 Å². The molecule has 0 saturated carbocycles. The van der Waals surface area contributed by atoms with E-state index in [9.17, 15) is 9.90 Å². The Hall–Kier alpha value is -1.22. The smallest absolute Gasteiger partial charge is 0.257 e. The molecule has 1 aliphatic rings. The first kappa shape index (κ1) is 14.2. The number of amides is 1. The molecule has 19 heavy (non-hydrogen) atoms. The number of halogens is 1. The van der Waals surface area contributed by atoms with E-state index in [1.165, 1.54) is 0 Å². The highest BCUT2D eigenvalue weighted by atomic mass is 35.5. The number of likely N-dealkylation sites (tertiary alicyclic amines) is 1. The number of aromatic hydroxyl groups is 1. The monoisotopic (exact) mass is 281 g/mol. The van der Waals surface area contributed by atoms with Gasteiger partial charge in [-0.2, -0.15) is 0 Å². The van der Waals surface area contributed by atoms with Crippen LogP contribution >= 0.6 is 11.6 Å². The lowest BCUT2D eigenvalue weighted by atomic mass is 9.95. The fraction of sp³-hybridized carbons (Fsp3) is 0.533. The molecule has 1 aromatic carbocycles. The number of piperidine rings is 1. The topological polar surface area (TPSA) is 40.5 Å². The van der Waals surface area contributed by atoms with Crippen LogP contribution in [-0.2, 0) is 0 Å². The third-order valence-corrected chi connectivity index (χ3v) is 3.92. The third-order valence-electron chi connectivity index (χ3n) is 3.71. The van der Waals surface area contributed by atoms with Crippen molar-refractivity contribution < 1.29 is 9.90 Å². The van der Waals surface area contributed by atoms with Crippen LogP contribution < -0.4 is 0 Å². The van der Waals surface area contributed by atoms with Crippen LogP contribution in [-0.4, -0.2) is 34.9 Å². The number of aryl methyl sites for hydroxylation is 1. The molecule has 0 spiro atoms. The lowest BCUT2D eigenvalue weighted by molar-refractivity contribution is 0.0668. The van der Waals surface area contributed by atoms with E-state index in [1.54, 1.807) is 18.2 Å². The Kier molecular flexibility index (Phi) is 4.70. The number of phenolic OH excluding ortho intramolecular Hbond substituents is 1. The van der Waals surface area contributed by atoms with Crippen molar-refractivity contribution in [3.8, 4) is 5.75 Å². The van der Waals surface area contributed by atoms with Gasteiger partial charge in [-0.05, 0) is 44.2 Å². The SMILES string of the molecule is Cc1ccc(O)c(C(=O)N2CCCC(CCCl)C2)c1. The molecule has 104 valence electrons. The fourth-order valence-corrected chi connectivity index (χ4v) is 2.94. The molecule has 3 nitrogen and oxygen atoms in total. The summed E-state index contributed by atoms with van der Waals surface area (Å²) >= 11 is 5.78. The summed E-state index contributed by atoms with van der Waals surface area (Å²) in [5.41, 5.74) is 1.39. The van der Waals surface area contributed by atoms with E-state index in [-0.39, 0.29) is 11.7 Å². The van der Waals surface area contributed by atoms with E-state index in [1.807, 2.05) is 11.8 Å². The predicted molar refractivity (Wildman–Crippen MR) is 76.8 cm³/mol. The number of rotatable bonds is 3. The molecule has 0 bridgehead atoms. The molecule has 0 aliphatic carbocycles. The molecule has 1 atom stereocenters. The summed E-state index contributed by atoms with van der Waals surface area (Å²) < 4.78 is 0. The van der Waals surface area contributed by atoms with Gasteiger partial charge in [-0.25, -0.2) is 0 Å². The highest BCUT2D eigenvalue weighted by Gasteiger charge is 2.25. The number of hydrogen-bond donors (Lipinski definition) is 1. The number of hydrogen-bond acceptors (Lipinski definition) is 2. The van der Waals surface area contributed by atoms with Gasteiger partial charge in [-0.15, -0.1) is 11.6 Å². The molecule has 1 N–H and O–H groups in total. The van der Waals surface area contributed by atoms with E-state index in [0.29, 0.717) is 17.4 Å². The summed E-state index contributed by atoms with van der Waals surface area (Å²) in [7, 11) is 0. The van der Waals surface area contributed by atoms with Crippen LogP contribution in [0.2, 0.25) is 0 Å². The van der Waals surface area contributed by atoms with Gasteiger partial charge in [-0.1, -0.05) is 11.6 Å². The van der Waals surface area contributed by atoms with E-state index in [2.05, 4.69) is 0 Å². The van der Waals surface area contributed by atoms with E-state index < -0.39 is 0 Å². The molecule has 4 heteroatoms. The largest absolute Gasteiger partial charge is 0.507 e. The Labute approximate surface area is 119 Å². The van der Waals surface area contributed by atoms with Crippen LogP contribution in [0.15, 0.2) is 18.2 Å². The molecule has 0 aromatic heterocycles. The van der Waals surface area contributed by atoms with Crippen LogP contribution in [0.25, 0.3) is 0 Å². The molecule has 1 unspecified atom stereocenters. The van der Waals surface area contributed by atoms with E-state index >= 15 is 0 Å². The molecular weight excluding hydrogens is 262 g/mol. The second-order valence-corrected chi connectivity index (χ2v) is 5.64. The van der Waals surface area contributed by atoms with Crippen LogP contribution in [0.1, 0.15) is 35.2 Å². The zero-order valence-corrected chi connectivity index (χ0v) is 12.0. The summed E-state index contributed by atoms with van der Waals surface area (Å²) in [6.07, 6.45) is 3.10. The quantitative estimate of drug-likeness (QED) is 0.865. The molecule has 1 amide bonds. The van der Waals surface area contributed by atoms with Crippen molar-refractivity contribution in [1.29, 1.82) is 0 Å². The van der Waals surface area contributed by atoms with Gasteiger partial charge in [0.15, 0.2) is 0 Å². The minimum absolute atomic E-state index is 0.0649. The van der Waals surface area contributed by atoms with Crippen LogP contribution in [0, 0.1) is 12.8 Å². The highest BCUT2D eigenvalue weighted by Crippen LogP contribution is 2.25. The van der Waals surface area contributed by atoms with Gasteiger partial charge < -0.3 is 10.0 Å². The first-order valence-corrected chi connectivity index (χ1v) is 7.30. The Morgan fingerprint density at radius 3 is 3.05 bits per heavy atom. The Morgan fingerprint density at radius 2 is 2.32 bits per heavy atom. The molecule has 1 aromatic rings. The zero-order valence-electron chi connectivity index (χ0n) is 11.2. The molecule has 1 aliphatic heterocycles. The number of phenols is 1. The Balaban J connectivity index is 2.12. The minimum Gasteiger partial charge on any atom is -0.507 e. The Morgan fingerprint density at radius 1 is 1.53 bits per heavy atom. The summed E-state index contributed by atoms with van der Waals surface area (Å²) in [4.78, 5) is 14.3. The molecular formula is C15H20ClNO2. The average molecular weight is 282 g/mol. The maximum atomic E-state index is 12.5. The number of alkyl halides is 1. The van der Waals surface area contributed by atoms with E-state index in [4.69, 9.17) is 11.6 Å². The van der Waals surface area contributed by atoms with Crippen molar-refractivity contribution >= 4 is 17.5 Å². The van der Waals surface area contributed by atoms with E-state index in [0.717, 1.165) is 37.9 Å².